The largest absolute Gasteiger partial charge is 0.486 e. The summed E-state index contributed by atoms with van der Waals surface area (Å²) in [4.78, 5) is 41.0. The zero-order valence-corrected chi connectivity index (χ0v) is 17.8. The maximum Gasteiger partial charge on any atom is 0.330 e. The Morgan fingerprint density at radius 1 is 1.29 bits per heavy atom. The van der Waals surface area contributed by atoms with Crippen LogP contribution >= 0.6 is 0 Å². The first-order valence-corrected chi connectivity index (χ1v) is 10.5. The molecule has 0 spiro atoms. The predicted octanol–water partition coefficient (Wildman–Crippen LogP) is 0.701. The summed E-state index contributed by atoms with van der Waals surface area (Å²) in [5, 5.41) is 2.81. The maximum absolute atomic E-state index is 12.5. The Bertz CT molecular complexity index is 1030. The van der Waals surface area contributed by atoms with Crippen molar-refractivity contribution in [1.82, 2.24) is 14.9 Å². The normalized spacial score (nSPS) is 14.8. The Hall–Kier alpha value is -3.43. The van der Waals surface area contributed by atoms with Gasteiger partial charge in [0.15, 0.2) is 11.5 Å². The Labute approximate surface area is 180 Å². The van der Waals surface area contributed by atoms with Gasteiger partial charge in [0.25, 0.3) is 5.56 Å². The van der Waals surface area contributed by atoms with E-state index in [0.29, 0.717) is 31.2 Å². The van der Waals surface area contributed by atoms with Gasteiger partial charge in [-0.2, -0.15) is 0 Å². The molecule has 1 aliphatic heterocycles. The molecule has 10 heteroatoms. The van der Waals surface area contributed by atoms with Crippen molar-refractivity contribution in [3.05, 3.63) is 45.1 Å². The number of aromatic nitrogens is 2. The molecule has 0 fully saturated rings. The second-order valence-electron chi connectivity index (χ2n) is 7.31. The van der Waals surface area contributed by atoms with Crippen LogP contribution in [0.5, 0.6) is 11.5 Å². The number of H-pyrrole nitrogens is 1. The number of anilines is 2. The number of carbonyl (C=O) groups excluding carboxylic acids is 1. The molecule has 10 nitrogen and oxygen atoms in total. The van der Waals surface area contributed by atoms with Gasteiger partial charge in [-0.1, -0.05) is 25.5 Å². The van der Waals surface area contributed by atoms with Gasteiger partial charge in [-0.25, -0.2) is 4.79 Å². The van der Waals surface area contributed by atoms with Crippen molar-refractivity contribution in [2.75, 3.05) is 36.9 Å². The number of aromatic amines is 1. The fraction of sp³-hybridized carbons (Fsp3) is 0.476. The van der Waals surface area contributed by atoms with Gasteiger partial charge in [-0.15, -0.1) is 0 Å². The van der Waals surface area contributed by atoms with Crippen molar-refractivity contribution in [2.45, 2.75) is 39.3 Å². The number of likely N-dealkylation sites (N-methyl/N-ethyl adjacent to an activating group) is 1. The van der Waals surface area contributed by atoms with Gasteiger partial charge in [-0.3, -0.25) is 19.1 Å². The molecular formula is C21H29N5O5. The first kappa shape index (κ1) is 22.3. The number of rotatable bonds is 9. The van der Waals surface area contributed by atoms with Crippen molar-refractivity contribution in [2.24, 2.45) is 0 Å². The number of ether oxygens (including phenoxy) is 2. The van der Waals surface area contributed by atoms with Gasteiger partial charge in [0.05, 0.1) is 13.1 Å². The van der Waals surface area contributed by atoms with Crippen LogP contribution in [0, 0.1) is 0 Å². The first-order chi connectivity index (χ1) is 14.9. The molecule has 0 aliphatic carbocycles. The molecule has 0 radical (unpaired) electrons. The molecule has 1 aromatic carbocycles. The highest BCUT2D eigenvalue weighted by Crippen LogP contribution is 2.30. The highest BCUT2D eigenvalue weighted by atomic mass is 16.6. The van der Waals surface area contributed by atoms with Gasteiger partial charge >= 0.3 is 5.69 Å². The predicted molar refractivity (Wildman–Crippen MR) is 118 cm³/mol. The van der Waals surface area contributed by atoms with Crippen molar-refractivity contribution in [3.8, 4) is 11.5 Å². The molecular weight excluding hydrogens is 402 g/mol. The van der Waals surface area contributed by atoms with Crippen LogP contribution in [-0.4, -0.2) is 47.8 Å². The molecule has 2 heterocycles. The summed E-state index contributed by atoms with van der Waals surface area (Å²) in [7, 11) is 0. The van der Waals surface area contributed by atoms with Crippen LogP contribution in [0.3, 0.4) is 0 Å². The average molecular weight is 431 g/mol. The standard InChI is InChI=1S/C21H29N5O5/c1-3-5-10-26-19(22)18(20(28)24-21(26)29)25(4-2)12-17(27)23-11-14-13-30-15-8-6-7-9-16(15)31-14/h6-9,14H,3-5,10-13,22H2,1-2H3,(H,23,27)(H,24,28,29). The summed E-state index contributed by atoms with van der Waals surface area (Å²) in [5.41, 5.74) is 5.12. The molecule has 1 unspecified atom stereocenters. The summed E-state index contributed by atoms with van der Waals surface area (Å²) in [6.45, 7) is 5.06. The van der Waals surface area contributed by atoms with E-state index in [1.807, 2.05) is 38.1 Å². The van der Waals surface area contributed by atoms with Crippen LogP contribution in [0.15, 0.2) is 33.9 Å². The topological polar surface area (TPSA) is 132 Å². The molecule has 3 rings (SSSR count). The number of unbranched alkanes of at least 4 members (excludes halogenated alkanes) is 1. The lowest BCUT2D eigenvalue weighted by Crippen LogP contribution is -2.46. The van der Waals surface area contributed by atoms with E-state index in [9.17, 15) is 14.4 Å². The number of hydrogen-bond acceptors (Lipinski definition) is 7. The molecule has 0 saturated carbocycles. The molecule has 1 atom stereocenters. The number of benzene rings is 1. The van der Waals surface area contributed by atoms with E-state index < -0.39 is 11.2 Å². The number of amides is 1. The van der Waals surface area contributed by atoms with Crippen LogP contribution in [0.4, 0.5) is 11.5 Å². The van der Waals surface area contributed by atoms with E-state index in [0.717, 1.165) is 12.8 Å². The lowest BCUT2D eigenvalue weighted by molar-refractivity contribution is -0.120. The molecule has 0 bridgehead atoms. The summed E-state index contributed by atoms with van der Waals surface area (Å²) in [5.74, 6) is 1.08. The van der Waals surface area contributed by atoms with E-state index in [1.54, 1.807) is 4.90 Å². The van der Waals surface area contributed by atoms with Crippen LogP contribution in [0.1, 0.15) is 26.7 Å². The number of nitrogen functional groups attached to an aromatic ring is 1. The minimum Gasteiger partial charge on any atom is -0.486 e. The van der Waals surface area contributed by atoms with Crippen molar-refractivity contribution in [3.63, 3.8) is 0 Å². The Balaban J connectivity index is 1.65. The maximum atomic E-state index is 12.5. The average Bonchev–Trinajstić information content (AvgIpc) is 2.76. The van der Waals surface area contributed by atoms with E-state index in [1.165, 1.54) is 4.57 Å². The van der Waals surface area contributed by atoms with Gasteiger partial charge in [0.1, 0.15) is 24.2 Å². The van der Waals surface area contributed by atoms with E-state index in [2.05, 4.69) is 10.3 Å². The lowest BCUT2D eigenvalue weighted by atomic mass is 10.2. The Morgan fingerprint density at radius 2 is 2.03 bits per heavy atom. The lowest BCUT2D eigenvalue weighted by Gasteiger charge is -2.27. The Kier molecular flexibility index (Phi) is 7.22. The van der Waals surface area contributed by atoms with Crippen LogP contribution in [0.25, 0.3) is 0 Å². The number of nitrogens with two attached hydrogens (primary N) is 1. The molecule has 31 heavy (non-hydrogen) atoms. The van der Waals surface area contributed by atoms with Crippen molar-refractivity contribution in [1.29, 1.82) is 0 Å². The molecule has 0 saturated heterocycles. The minimum absolute atomic E-state index is 0.0671. The van der Waals surface area contributed by atoms with Crippen LogP contribution in [-0.2, 0) is 11.3 Å². The fourth-order valence-corrected chi connectivity index (χ4v) is 3.39. The van der Waals surface area contributed by atoms with Crippen LogP contribution < -0.4 is 36.7 Å². The zero-order chi connectivity index (χ0) is 22.4. The van der Waals surface area contributed by atoms with Gasteiger partial charge < -0.3 is 25.4 Å². The quantitative estimate of drug-likeness (QED) is 0.532. The molecule has 2 aromatic rings. The van der Waals surface area contributed by atoms with Crippen LogP contribution in [0.2, 0.25) is 0 Å². The molecule has 1 aliphatic rings. The number of hydrogen-bond donors (Lipinski definition) is 3. The SMILES string of the molecule is CCCCn1c(N)c(N(CC)CC(=O)NCC2COc3ccccc3O2)c(=O)[nH]c1=O. The summed E-state index contributed by atoms with van der Waals surface area (Å²) in [6.07, 6.45) is 1.30. The smallest absolute Gasteiger partial charge is 0.330 e. The number of fused-ring (bicyclic) bond motifs is 1. The molecule has 168 valence electrons. The number of nitrogens with one attached hydrogen (secondary N) is 2. The molecule has 4 N–H and O–H groups in total. The van der Waals surface area contributed by atoms with E-state index >= 15 is 0 Å². The summed E-state index contributed by atoms with van der Waals surface area (Å²) < 4.78 is 12.8. The van der Waals surface area contributed by atoms with Gasteiger partial charge in [0.2, 0.25) is 5.91 Å². The zero-order valence-electron chi connectivity index (χ0n) is 17.8. The summed E-state index contributed by atoms with van der Waals surface area (Å²) in [6, 6.07) is 7.35. The second-order valence-corrected chi connectivity index (χ2v) is 7.31. The van der Waals surface area contributed by atoms with Gasteiger partial charge in [-0.05, 0) is 25.5 Å². The molecule has 1 aromatic heterocycles. The second kappa shape index (κ2) is 10.1. The third-order valence-electron chi connectivity index (χ3n) is 5.08. The van der Waals surface area contributed by atoms with E-state index in [-0.39, 0.29) is 36.6 Å². The van der Waals surface area contributed by atoms with Gasteiger partial charge in [0, 0.05) is 13.1 Å². The molecule has 1 amide bonds. The van der Waals surface area contributed by atoms with Crippen molar-refractivity contribution >= 4 is 17.4 Å². The summed E-state index contributed by atoms with van der Waals surface area (Å²) >= 11 is 0. The minimum atomic E-state index is -0.606. The Morgan fingerprint density at radius 3 is 2.74 bits per heavy atom. The van der Waals surface area contributed by atoms with Crippen molar-refractivity contribution < 1.29 is 14.3 Å². The highest BCUT2D eigenvalue weighted by Gasteiger charge is 2.23. The monoisotopic (exact) mass is 431 g/mol. The third-order valence-corrected chi connectivity index (χ3v) is 5.08. The number of para-hydroxylation sites is 2. The van der Waals surface area contributed by atoms with E-state index in [4.69, 9.17) is 15.2 Å². The highest BCUT2D eigenvalue weighted by molar-refractivity contribution is 5.82. The number of nitrogens with zero attached hydrogens (tertiary/aromatic N) is 2. The third kappa shape index (κ3) is 5.19. The number of carbonyl (C=O) groups is 1. The fourth-order valence-electron chi connectivity index (χ4n) is 3.39. The first-order valence-electron chi connectivity index (χ1n) is 10.5.